The SMILES string of the molecule is CN(C)c1ncccc1CNC(=O)Nc1cccnc1-n1cccn1. The van der Waals surface area contributed by atoms with Crippen molar-refractivity contribution in [3.63, 3.8) is 0 Å². The summed E-state index contributed by atoms with van der Waals surface area (Å²) >= 11 is 0. The molecule has 0 spiro atoms. The van der Waals surface area contributed by atoms with Gasteiger partial charge in [0, 0.05) is 51.0 Å². The maximum Gasteiger partial charge on any atom is 0.319 e. The number of carbonyl (C=O) groups excluding carboxylic acids is 1. The van der Waals surface area contributed by atoms with Gasteiger partial charge in [-0.05, 0) is 24.3 Å². The third-order valence-electron chi connectivity index (χ3n) is 3.49. The largest absolute Gasteiger partial charge is 0.362 e. The van der Waals surface area contributed by atoms with E-state index < -0.39 is 0 Å². The summed E-state index contributed by atoms with van der Waals surface area (Å²) in [5.74, 6) is 1.37. The topological polar surface area (TPSA) is 88.0 Å². The average molecular weight is 337 g/mol. The van der Waals surface area contributed by atoms with E-state index in [1.54, 1.807) is 47.7 Å². The van der Waals surface area contributed by atoms with E-state index in [2.05, 4.69) is 25.7 Å². The standard InChI is InChI=1S/C17H19N7O/c1-23(2)15-13(6-3-8-18-15)12-20-17(25)22-14-7-4-9-19-16(14)24-11-5-10-21-24/h3-11H,12H2,1-2H3,(H2,20,22,25). The number of nitrogens with zero attached hydrogens (tertiary/aromatic N) is 5. The number of carbonyl (C=O) groups is 1. The van der Waals surface area contributed by atoms with Crippen LogP contribution in [0.5, 0.6) is 0 Å². The highest BCUT2D eigenvalue weighted by atomic mass is 16.2. The molecule has 3 aromatic rings. The van der Waals surface area contributed by atoms with Gasteiger partial charge >= 0.3 is 6.03 Å². The van der Waals surface area contributed by atoms with E-state index >= 15 is 0 Å². The van der Waals surface area contributed by atoms with Crippen LogP contribution in [0.1, 0.15) is 5.56 Å². The van der Waals surface area contributed by atoms with Crippen LogP contribution >= 0.6 is 0 Å². The third-order valence-corrected chi connectivity index (χ3v) is 3.49. The summed E-state index contributed by atoms with van der Waals surface area (Å²) in [5, 5.41) is 9.80. The second kappa shape index (κ2) is 7.43. The highest BCUT2D eigenvalue weighted by Crippen LogP contribution is 2.17. The Morgan fingerprint density at radius 1 is 1.12 bits per heavy atom. The molecule has 3 heterocycles. The minimum absolute atomic E-state index is 0.324. The van der Waals surface area contributed by atoms with Gasteiger partial charge in [0.2, 0.25) is 0 Å². The van der Waals surface area contributed by atoms with Gasteiger partial charge in [-0.1, -0.05) is 6.07 Å². The lowest BCUT2D eigenvalue weighted by molar-refractivity contribution is 0.251. The van der Waals surface area contributed by atoms with E-state index in [-0.39, 0.29) is 6.03 Å². The Balaban J connectivity index is 1.69. The molecule has 0 fully saturated rings. The van der Waals surface area contributed by atoms with Crippen LogP contribution in [-0.4, -0.2) is 39.9 Å². The number of hydrogen-bond donors (Lipinski definition) is 2. The number of hydrogen-bond acceptors (Lipinski definition) is 5. The molecule has 128 valence electrons. The van der Waals surface area contributed by atoms with Gasteiger partial charge < -0.3 is 15.5 Å². The Kier molecular flexibility index (Phi) is 4.89. The Labute approximate surface area is 145 Å². The highest BCUT2D eigenvalue weighted by Gasteiger charge is 2.11. The van der Waals surface area contributed by atoms with Gasteiger partial charge in [0.25, 0.3) is 0 Å². The van der Waals surface area contributed by atoms with E-state index in [1.165, 1.54) is 0 Å². The van der Waals surface area contributed by atoms with E-state index in [1.807, 2.05) is 31.1 Å². The molecule has 0 aromatic carbocycles. The Bertz CT molecular complexity index is 846. The molecule has 8 nitrogen and oxygen atoms in total. The number of amides is 2. The van der Waals surface area contributed by atoms with Gasteiger partial charge in [0.15, 0.2) is 5.82 Å². The first-order valence-corrected chi connectivity index (χ1v) is 7.76. The summed E-state index contributed by atoms with van der Waals surface area (Å²) in [6.07, 6.45) is 6.80. The molecule has 0 saturated heterocycles. The highest BCUT2D eigenvalue weighted by molar-refractivity contribution is 5.91. The maximum absolute atomic E-state index is 12.3. The summed E-state index contributed by atoms with van der Waals surface area (Å²) in [5.41, 5.74) is 1.50. The predicted octanol–water partition coefficient (Wildman–Crippen LogP) is 2.05. The van der Waals surface area contributed by atoms with Crippen LogP contribution in [0.2, 0.25) is 0 Å². The number of urea groups is 1. The van der Waals surface area contributed by atoms with E-state index in [9.17, 15) is 4.79 Å². The summed E-state index contributed by atoms with van der Waals surface area (Å²) in [6, 6.07) is 8.78. The molecule has 0 unspecified atom stereocenters. The molecule has 0 aliphatic rings. The number of aromatic nitrogens is 4. The predicted molar refractivity (Wildman–Crippen MR) is 95.8 cm³/mol. The summed E-state index contributed by atoms with van der Waals surface area (Å²) in [7, 11) is 3.83. The second-order valence-electron chi connectivity index (χ2n) is 5.51. The van der Waals surface area contributed by atoms with Crippen LogP contribution in [0.3, 0.4) is 0 Å². The minimum atomic E-state index is -0.324. The Morgan fingerprint density at radius 2 is 1.92 bits per heavy atom. The molecule has 0 atom stereocenters. The first kappa shape index (κ1) is 16.4. The molecule has 0 aliphatic carbocycles. The normalized spacial score (nSPS) is 10.3. The van der Waals surface area contributed by atoms with Crippen molar-refractivity contribution in [3.05, 3.63) is 60.7 Å². The quantitative estimate of drug-likeness (QED) is 0.744. The molecule has 8 heteroatoms. The van der Waals surface area contributed by atoms with Crippen molar-refractivity contribution in [3.8, 4) is 5.82 Å². The number of pyridine rings is 2. The summed E-state index contributed by atoms with van der Waals surface area (Å²) in [4.78, 5) is 22.8. The molecule has 3 rings (SSSR count). The number of anilines is 2. The fraction of sp³-hybridized carbons (Fsp3) is 0.176. The fourth-order valence-electron chi connectivity index (χ4n) is 2.38. The van der Waals surface area contributed by atoms with Gasteiger partial charge in [-0.15, -0.1) is 0 Å². The van der Waals surface area contributed by atoms with Crippen molar-refractivity contribution in [2.75, 3.05) is 24.3 Å². The molecule has 0 bridgehead atoms. The van der Waals surface area contributed by atoms with E-state index in [4.69, 9.17) is 0 Å². The molecule has 0 radical (unpaired) electrons. The van der Waals surface area contributed by atoms with Crippen molar-refractivity contribution in [2.24, 2.45) is 0 Å². The lowest BCUT2D eigenvalue weighted by Crippen LogP contribution is -2.29. The van der Waals surface area contributed by atoms with Crippen LogP contribution in [-0.2, 0) is 6.54 Å². The van der Waals surface area contributed by atoms with Crippen molar-refractivity contribution < 1.29 is 4.79 Å². The molecular weight excluding hydrogens is 318 g/mol. The lowest BCUT2D eigenvalue weighted by atomic mass is 10.2. The van der Waals surface area contributed by atoms with Crippen LogP contribution < -0.4 is 15.5 Å². The summed E-state index contributed by atoms with van der Waals surface area (Å²) < 4.78 is 1.60. The van der Waals surface area contributed by atoms with Crippen LogP contribution in [0, 0.1) is 0 Å². The number of nitrogens with one attached hydrogen (secondary N) is 2. The average Bonchev–Trinajstić information content (AvgIpc) is 3.15. The fourth-order valence-corrected chi connectivity index (χ4v) is 2.38. The molecule has 2 amide bonds. The zero-order valence-corrected chi connectivity index (χ0v) is 14.0. The number of rotatable bonds is 5. The molecular formula is C17H19N7O. The van der Waals surface area contributed by atoms with Crippen LogP contribution in [0.25, 0.3) is 5.82 Å². The first-order valence-electron chi connectivity index (χ1n) is 7.76. The zero-order valence-electron chi connectivity index (χ0n) is 14.0. The van der Waals surface area contributed by atoms with Crippen LogP contribution in [0.4, 0.5) is 16.3 Å². The van der Waals surface area contributed by atoms with Crippen LogP contribution in [0.15, 0.2) is 55.1 Å². The van der Waals surface area contributed by atoms with Crippen molar-refractivity contribution >= 4 is 17.5 Å². The van der Waals surface area contributed by atoms with Gasteiger partial charge in [0.1, 0.15) is 5.82 Å². The lowest BCUT2D eigenvalue weighted by Gasteiger charge is -2.16. The molecule has 0 saturated carbocycles. The Morgan fingerprint density at radius 3 is 2.68 bits per heavy atom. The van der Waals surface area contributed by atoms with E-state index in [0.29, 0.717) is 18.1 Å². The second-order valence-corrected chi connectivity index (χ2v) is 5.51. The molecule has 25 heavy (non-hydrogen) atoms. The van der Waals surface area contributed by atoms with Gasteiger partial charge in [-0.25, -0.2) is 19.4 Å². The van der Waals surface area contributed by atoms with Gasteiger partial charge in [-0.2, -0.15) is 5.10 Å². The van der Waals surface area contributed by atoms with Crippen molar-refractivity contribution in [2.45, 2.75) is 6.54 Å². The van der Waals surface area contributed by atoms with E-state index in [0.717, 1.165) is 11.4 Å². The first-order chi connectivity index (χ1) is 12.1. The smallest absolute Gasteiger partial charge is 0.319 e. The monoisotopic (exact) mass is 337 g/mol. The zero-order chi connectivity index (χ0) is 17.6. The minimum Gasteiger partial charge on any atom is -0.362 e. The van der Waals surface area contributed by atoms with Crippen molar-refractivity contribution in [1.82, 2.24) is 25.1 Å². The maximum atomic E-state index is 12.3. The third kappa shape index (κ3) is 3.92. The van der Waals surface area contributed by atoms with Gasteiger partial charge in [-0.3, -0.25) is 0 Å². The molecule has 3 aromatic heterocycles. The van der Waals surface area contributed by atoms with Crippen molar-refractivity contribution in [1.29, 1.82) is 0 Å². The molecule has 0 aliphatic heterocycles. The molecule has 2 N–H and O–H groups in total. The van der Waals surface area contributed by atoms with Gasteiger partial charge in [0.05, 0.1) is 5.69 Å². The Hall–Kier alpha value is -3.42. The summed E-state index contributed by atoms with van der Waals surface area (Å²) in [6.45, 7) is 0.366.